The van der Waals surface area contributed by atoms with Crippen LogP contribution in [0.3, 0.4) is 0 Å². The highest BCUT2D eigenvalue weighted by atomic mass is 32.2. The number of hydrogen-bond donors (Lipinski definition) is 3. The number of nitrogens with one attached hydrogen (secondary N) is 2. The predicted molar refractivity (Wildman–Crippen MR) is 111 cm³/mol. The van der Waals surface area contributed by atoms with Crippen molar-refractivity contribution < 1.29 is 4.79 Å². The van der Waals surface area contributed by atoms with Crippen LogP contribution in [0.1, 0.15) is 41.0 Å². The number of amides is 1. The summed E-state index contributed by atoms with van der Waals surface area (Å²) in [7, 11) is 0.0491. The van der Waals surface area contributed by atoms with Crippen LogP contribution in [0.25, 0.3) is 0 Å². The number of nitrogens with two attached hydrogens (primary N) is 1. The molecule has 0 aromatic heterocycles. The van der Waals surface area contributed by atoms with E-state index >= 15 is 0 Å². The maximum absolute atomic E-state index is 12.4. The lowest BCUT2D eigenvalue weighted by molar-refractivity contribution is -0.123. The second-order valence-electron chi connectivity index (χ2n) is 7.35. The molecule has 5 heteroatoms. The van der Waals surface area contributed by atoms with Crippen molar-refractivity contribution in [3.8, 4) is 0 Å². The van der Waals surface area contributed by atoms with Gasteiger partial charge in [0.15, 0.2) is 0 Å². The lowest BCUT2D eigenvalue weighted by atomic mass is 9.95. The summed E-state index contributed by atoms with van der Waals surface area (Å²) in [6, 6.07) is -0.529. The molecular formula is C19H37N3OS. The van der Waals surface area contributed by atoms with Gasteiger partial charge in [0.25, 0.3) is 0 Å². The van der Waals surface area contributed by atoms with E-state index in [1.165, 1.54) is 0 Å². The first kappa shape index (κ1) is 22.9. The van der Waals surface area contributed by atoms with Gasteiger partial charge in [-0.2, -0.15) is 10.5 Å². The molecule has 0 fully saturated rings. The van der Waals surface area contributed by atoms with E-state index in [-0.39, 0.29) is 34.4 Å². The Bertz CT molecular complexity index is 471. The summed E-state index contributed by atoms with van der Waals surface area (Å²) in [6.07, 6.45) is 2.71. The normalized spacial score (nSPS) is 16.4. The molecule has 0 radical (unpaired) electrons. The van der Waals surface area contributed by atoms with Crippen LogP contribution in [0.15, 0.2) is 24.4 Å². The largest absolute Gasteiger partial charge is 0.380 e. The molecule has 4 unspecified atom stereocenters. The van der Waals surface area contributed by atoms with Gasteiger partial charge in [-0.3, -0.25) is 4.79 Å². The highest BCUT2D eigenvalue weighted by Crippen LogP contribution is 2.16. The monoisotopic (exact) mass is 355 g/mol. The highest BCUT2D eigenvalue weighted by Gasteiger charge is 2.25. The van der Waals surface area contributed by atoms with Crippen molar-refractivity contribution in [2.45, 2.75) is 59.2 Å². The quantitative estimate of drug-likeness (QED) is 0.394. The Labute approximate surface area is 151 Å². The Morgan fingerprint density at radius 1 is 1.08 bits per heavy atom. The number of carbonyl (C=O) groups excluding carboxylic acids is 1. The molecule has 0 saturated heterocycles. The molecule has 0 saturated carbocycles. The van der Waals surface area contributed by atoms with E-state index in [0.717, 1.165) is 17.0 Å². The molecule has 4 N–H and O–H groups in total. The Kier molecular flexibility index (Phi) is 10.2. The van der Waals surface area contributed by atoms with E-state index in [1.807, 2.05) is 6.92 Å². The van der Waals surface area contributed by atoms with Crippen LogP contribution in [-0.4, -0.2) is 41.9 Å². The Morgan fingerprint density at radius 2 is 1.58 bits per heavy atom. The van der Waals surface area contributed by atoms with Gasteiger partial charge in [-0.05, 0) is 37.2 Å². The van der Waals surface area contributed by atoms with Gasteiger partial charge in [-0.25, -0.2) is 0 Å². The minimum Gasteiger partial charge on any atom is -0.380 e. The molecule has 0 bridgehead atoms. The summed E-state index contributed by atoms with van der Waals surface area (Å²) in [5.41, 5.74) is 7.87. The van der Waals surface area contributed by atoms with Crippen LogP contribution in [0, 0.1) is 11.8 Å². The fourth-order valence-corrected chi connectivity index (χ4v) is 3.18. The Balaban J connectivity index is 4.90. The Hall–Kier alpha value is -1.07. The lowest BCUT2D eigenvalue weighted by Crippen LogP contribution is -2.51. The first-order valence-corrected chi connectivity index (χ1v) is 10.5. The highest BCUT2D eigenvalue weighted by molar-refractivity contribution is 8.13. The van der Waals surface area contributed by atoms with Gasteiger partial charge in [0.05, 0.1) is 12.1 Å². The molecule has 0 aliphatic heterocycles. The predicted octanol–water partition coefficient (Wildman–Crippen LogP) is 2.88. The van der Waals surface area contributed by atoms with Gasteiger partial charge in [-0.15, -0.1) is 0 Å². The molecule has 0 rings (SSSR count). The minimum absolute atomic E-state index is 0.0491. The van der Waals surface area contributed by atoms with Crippen LogP contribution < -0.4 is 16.4 Å². The third-order valence-corrected chi connectivity index (χ3v) is 4.93. The van der Waals surface area contributed by atoms with Crippen LogP contribution in [0.4, 0.5) is 0 Å². The summed E-state index contributed by atoms with van der Waals surface area (Å²) >= 11 is 0. The average Bonchev–Trinajstić information content (AvgIpc) is 2.45. The van der Waals surface area contributed by atoms with Crippen LogP contribution in [-0.2, 0) is 4.79 Å². The van der Waals surface area contributed by atoms with Gasteiger partial charge >= 0.3 is 0 Å². The zero-order chi connectivity index (χ0) is 19.0. The number of rotatable bonds is 11. The van der Waals surface area contributed by atoms with E-state index in [0.29, 0.717) is 12.3 Å². The Morgan fingerprint density at radius 3 is 1.96 bits per heavy atom. The molecule has 0 aromatic rings. The van der Waals surface area contributed by atoms with Crippen molar-refractivity contribution in [1.29, 1.82) is 0 Å². The average molecular weight is 356 g/mol. The molecule has 24 heavy (non-hydrogen) atoms. The van der Waals surface area contributed by atoms with Gasteiger partial charge < -0.3 is 16.4 Å². The van der Waals surface area contributed by atoms with Crippen molar-refractivity contribution in [1.82, 2.24) is 10.6 Å². The molecular weight excluding hydrogens is 318 g/mol. The molecule has 4 nitrogen and oxygen atoms in total. The topological polar surface area (TPSA) is 67.1 Å². The van der Waals surface area contributed by atoms with Gasteiger partial charge in [-0.1, -0.05) is 52.3 Å². The van der Waals surface area contributed by atoms with Gasteiger partial charge in [0.1, 0.15) is 0 Å². The smallest absolute Gasteiger partial charge is 0.237 e. The van der Waals surface area contributed by atoms with Gasteiger partial charge in [0.2, 0.25) is 5.91 Å². The van der Waals surface area contributed by atoms with E-state index in [1.54, 1.807) is 0 Å². The van der Waals surface area contributed by atoms with Crippen molar-refractivity contribution in [3.63, 3.8) is 0 Å². The zero-order valence-electron chi connectivity index (χ0n) is 16.3. The first-order chi connectivity index (χ1) is 11.0. The van der Waals surface area contributed by atoms with E-state index in [9.17, 15) is 4.79 Å². The van der Waals surface area contributed by atoms with Crippen molar-refractivity contribution in [3.05, 3.63) is 24.4 Å². The molecule has 0 aliphatic rings. The maximum Gasteiger partial charge on any atom is 0.237 e. The minimum atomic E-state index is -0.502. The first-order valence-electron chi connectivity index (χ1n) is 8.56. The van der Waals surface area contributed by atoms with Crippen LogP contribution in [0.5, 0.6) is 0 Å². The standard InChI is InChI=1S/C19H37N3OS/c1-12(2)17(13(3)4)21-15(7)18(14(5)6)22-19(23)16(20)10-11-24(8)9/h13-14,16-18,21H,1,7-8,10-11,20H2,2-6,9H3,(H,22,23). The fraction of sp³-hybridized carbons (Fsp3) is 0.684. The van der Waals surface area contributed by atoms with Crippen LogP contribution >= 0.6 is 10.5 Å². The molecule has 0 aliphatic carbocycles. The number of hydrogen-bond acceptors (Lipinski definition) is 3. The van der Waals surface area contributed by atoms with E-state index in [2.05, 4.69) is 63.6 Å². The third-order valence-electron chi connectivity index (χ3n) is 3.99. The summed E-state index contributed by atoms with van der Waals surface area (Å²) in [5, 5.41) is 6.48. The lowest BCUT2D eigenvalue weighted by Gasteiger charge is -2.32. The molecule has 0 spiro atoms. The van der Waals surface area contributed by atoms with Crippen LogP contribution in [0.2, 0.25) is 0 Å². The van der Waals surface area contributed by atoms with Crippen molar-refractivity contribution in [2.24, 2.45) is 17.6 Å². The second-order valence-corrected chi connectivity index (χ2v) is 9.32. The summed E-state index contributed by atoms with van der Waals surface area (Å²) in [4.78, 5) is 12.4. The summed E-state index contributed by atoms with van der Waals surface area (Å²) in [5.74, 6) is 5.31. The third kappa shape index (κ3) is 8.15. The van der Waals surface area contributed by atoms with E-state index in [4.69, 9.17) is 5.73 Å². The zero-order valence-corrected chi connectivity index (χ0v) is 17.1. The van der Waals surface area contributed by atoms with E-state index < -0.39 is 6.04 Å². The molecule has 4 atom stereocenters. The maximum atomic E-state index is 12.4. The SMILES string of the molecule is C=C(C)C(NC(=C)C(NC(=O)C(N)CCS(=C)C)C(C)C)C(C)C. The van der Waals surface area contributed by atoms with Crippen molar-refractivity contribution >= 4 is 22.3 Å². The molecule has 0 aromatic carbocycles. The fourth-order valence-electron chi connectivity index (χ4n) is 2.52. The molecule has 1 amide bonds. The van der Waals surface area contributed by atoms with Crippen molar-refractivity contribution in [2.75, 3.05) is 12.0 Å². The molecule has 140 valence electrons. The molecule has 0 heterocycles. The summed E-state index contributed by atoms with van der Waals surface area (Å²) in [6.45, 7) is 18.6. The number of carbonyl (C=O) groups is 1. The second kappa shape index (κ2) is 10.7. The van der Waals surface area contributed by atoms with Gasteiger partial charge in [0, 0.05) is 11.7 Å². The summed E-state index contributed by atoms with van der Waals surface area (Å²) < 4.78 is 0.